The van der Waals surface area contributed by atoms with Gasteiger partial charge < -0.3 is 0 Å². The van der Waals surface area contributed by atoms with Gasteiger partial charge in [0.2, 0.25) is 0 Å². The minimum atomic E-state index is -2.44. The minimum absolute atomic E-state index is 1.15. The fraction of sp³-hybridized carbons (Fsp3) is 0.0541. The second-order valence-corrected chi connectivity index (χ2v) is 17.8. The topological polar surface area (TPSA) is 0 Å². The molecule has 7 aromatic rings. The van der Waals surface area contributed by atoms with E-state index in [2.05, 4.69) is 123 Å². The number of hydrogen-bond donors (Lipinski definition) is 0. The Hall–Kier alpha value is -3.09. The number of benzene rings is 5. The molecule has 0 bridgehead atoms. The Labute approximate surface area is 251 Å². The summed E-state index contributed by atoms with van der Waals surface area (Å²) in [6.07, 6.45) is 0. The first-order valence-corrected chi connectivity index (χ1v) is 20.9. The Kier molecular flexibility index (Phi) is 9.61. The molecule has 7 rings (SSSR count). The van der Waals surface area contributed by atoms with E-state index in [9.17, 15) is 0 Å². The van der Waals surface area contributed by atoms with Gasteiger partial charge in [-0.2, -0.15) is 12.1 Å². The van der Waals surface area contributed by atoms with Gasteiger partial charge in [0.1, 0.15) is 0 Å². The predicted molar refractivity (Wildman–Crippen MR) is 174 cm³/mol. The molecule has 7 aromatic carbocycles. The first-order valence-electron chi connectivity index (χ1n) is 13.3. The molecule has 0 amide bonds. The first-order chi connectivity index (χ1) is 19.5. The van der Waals surface area contributed by atoms with Crippen molar-refractivity contribution < 1.29 is 18.9 Å². The van der Waals surface area contributed by atoms with Crippen molar-refractivity contribution in [2.45, 2.75) is 13.8 Å². The number of fused-ring (bicyclic) bond motifs is 4. The van der Waals surface area contributed by atoms with Gasteiger partial charge in [0.25, 0.3) is 0 Å². The van der Waals surface area contributed by atoms with Gasteiger partial charge in [-0.25, -0.2) is 0 Å². The fourth-order valence-corrected chi connectivity index (χ4v) is 9.45. The van der Waals surface area contributed by atoms with Crippen LogP contribution in [0.2, 0.25) is 0 Å². The third kappa shape index (κ3) is 6.61. The van der Waals surface area contributed by atoms with Crippen molar-refractivity contribution in [3.05, 3.63) is 168 Å². The number of hydrogen-bond acceptors (Lipinski definition) is 0. The van der Waals surface area contributed by atoms with E-state index in [1.54, 1.807) is 0 Å². The molecule has 3 heteroatoms. The Morgan fingerprint density at radius 3 is 1.60 bits per heavy atom. The van der Waals surface area contributed by atoms with Crippen LogP contribution >= 0.6 is 17.0 Å². The van der Waals surface area contributed by atoms with Crippen LogP contribution in [0.15, 0.2) is 146 Å². The van der Waals surface area contributed by atoms with E-state index in [0.717, 1.165) is 14.3 Å². The summed E-state index contributed by atoms with van der Waals surface area (Å²) in [7, 11) is 12.5. The molecular formula is C37H30Cl2Zr-2. The zero-order valence-corrected chi connectivity index (χ0v) is 26.6. The molecule has 0 aromatic heterocycles. The van der Waals surface area contributed by atoms with E-state index in [4.69, 9.17) is 17.0 Å². The zero-order valence-electron chi connectivity index (χ0n) is 22.6. The van der Waals surface area contributed by atoms with Crippen LogP contribution in [0.25, 0.3) is 32.3 Å². The molecule has 40 heavy (non-hydrogen) atoms. The SMILES string of the molecule is Cc1ccc2cc[cH-]c2c1C.[Cl][Zr]([Cl])=[C](c1ccccc1)c1ccccc1.c1ccc2c(c1)[cH-]c1ccccc12. The van der Waals surface area contributed by atoms with Crippen molar-refractivity contribution in [1.29, 1.82) is 0 Å². The standard InChI is InChI=1S/C13H9.C13H10.C11H11.2ClH.Zr/c1-3-7-12-10(5-1)9-11-6-2-4-8-13(11)12;1-3-7-12(8-4-1)11-13-9-5-2-6-10-13;1-8-6-7-10-4-3-5-11(10)9(8)2;;;/h1-9H;1-10H;3-7H,1-2H3;2*1H;/q-1;;-1;;;+2/p-2. The van der Waals surface area contributed by atoms with Crippen LogP contribution < -0.4 is 0 Å². The van der Waals surface area contributed by atoms with Crippen LogP contribution in [0.1, 0.15) is 22.3 Å². The van der Waals surface area contributed by atoms with Crippen LogP contribution in [0, 0.1) is 13.8 Å². The van der Waals surface area contributed by atoms with E-state index in [0.29, 0.717) is 0 Å². The number of aryl methyl sites for hydroxylation is 2. The largest absolute Gasteiger partial charge is 0.126 e. The molecule has 0 spiro atoms. The van der Waals surface area contributed by atoms with Crippen LogP contribution in [0.5, 0.6) is 0 Å². The van der Waals surface area contributed by atoms with Crippen LogP contribution in [-0.2, 0) is 18.9 Å². The Balaban J connectivity index is 0.000000123. The van der Waals surface area contributed by atoms with Crippen LogP contribution in [0.3, 0.4) is 0 Å². The number of halogens is 2. The molecule has 198 valence electrons. The van der Waals surface area contributed by atoms with Gasteiger partial charge in [0.05, 0.1) is 0 Å². The summed E-state index contributed by atoms with van der Waals surface area (Å²) >= 11 is -2.44. The summed E-state index contributed by atoms with van der Waals surface area (Å²) in [5.74, 6) is 0. The van der Waals surface area contributed by atoms with Crippen molar-refractivity contribution in [1.82, 2.24) is 0 Å². The summed E-state index contributed by atoms with van der Waals surface area (Å²) in [5, 5.41) is 8.14. The molecule has 0 fully saturated rings. The van der Waals surface area contributed by atoms with Crippen molar-refractivity contribution in [2.24, 2.45) is 0 Å². The van der Waals surface area contributed by atoms with Gasteiger partial charge in [-0.1, -0.05) is 55.0 Å². The maximum Gasteiger partial charge on any atom is -0.0771 e. The van der Waals surface area contributed by atoms with Crippen molar-refractivity contribution in [3.8, 4) is 0 Å². The average molecular weight is 637 g/mol. The maximum absolute atomic E-state index is 6.24. The van der Waals surface area contributed by atoms with Gasteiger partial charge in [0.15, 0.2) is 0 Å². The smallest absolute Gasteiger partial charge is 0.0771 e. The predicted octanol–water partition coefficient (Wildman–Crippen LogP) is 11.1. The third-order valence-corrected chi connectivity index (χ3v) is 11.8. The molecule has 0 saturated carbocycles. The summed E-state index contributed by atoms with van der Waals surface area (Å²) in [5.41, 5.74) is 5.08. The summed E-state index contributed by atoms with van der Waals surface area (Å²) in [6, 6.07) is 50.4. The molecule has 0 atom stereocenters. The van der Waals surface area contributed by atoms with Crippen molar-refractivity contribution >= 4 is 52.5 Å². The molecule has 0 N–H and O–H groups in total. The monoisotopic (exact) mass is 634 g/mol. The second-order valence-electron chi connectivity index (χ2n) is 9.72. The normalized spacial score (nSPS) is 10.5. The second kappa shape index (κ2) is 13.5. The maximum atomic E-state index is 6.24. The molecular weight excluding hydrogens is 607 g/mol. The molecule has 0 aliphatic carbocycles. The van der Waals surface area contributed by atoms with Crippen molar-refractivity contribution in [2.75, 3.05) is 0 Å². The average Bonchev–Trinajstić information content (AvgIpc) is 3.62. The summed E-state index contributed by atoms with van der Waals surface area (Å²) in [4.78, 5) is 0. The van der Waals surface area contributed by atoms with Gasteiger partial charge in [-0.15, -0.1) is 68.2 Å². The molecule has 0 nitrogen and oxygen atoms in total. The quantitative estimate of drug-likeness (QED) is 0.166. The third-order valence-electron chi connectivity index (χ3n) is 7.19. The van der Waals surface area contributed by atoms with Crippen LogP contribution in [0.4, 0.5) is 0 Å². The Morgan fingerprint density at radius 1 is 0.575 bits per heavy atom. The van der Waals surface area contributed by atoms with E-state index in [1.165, 1.54) is 43.4 Å². The minimum Gasteiger partial charge on any atom is -0.126 e. The van der Waals surface area contributed by atoms with E-state index in [-0.39, 0.29) is 0 Å². The molecule has 0 unspecified atom stereocenters. The van der Waals surface area contributed by atoms with Gasteiger partial charge in [-0.3, -0.25) is 0 Å². The molecule has 0 aliphatic heterocycles. The van der Waals surface area contributed by atoms with E-state index >= 15 is 0 Å². The molecule has 0 heterocycles. The molecule has 0 aliphatic rings. The first kappa shape index (κ1) is 28.4. The fourth-order valence-electron chi connectivity index (χ4n) is 4.97. The Bertz CT molecular complexity index is 1780. The number of rotatable bonds is 2. The molecule has 0 saturated heterocycles. The summed E-state index contributed by atoms with van der Waals surface area (Å²) < 4.78 is 1.15. The van der Waals surface area contributed by atoms with Crippen molar-refractivity contribution in [3.63, 3.8) is 0 Å². The van der Waals surface area contributed by atoms with Gasteiger partial charge in [0, 0.05) is 0 Å². The summed E-state index contributed by atoms with van der Waals surface area (Å²) in [6.45, 7) is 4.33. The van der Waals surface area contributed by atoms with Crippen LogP contribution in [-0.4, -0.2) is 3.21 Å². The van der Waals surface area contributed by atoms with Gasteiger partial charge in [-0.05, 0) is 6.92 Å². The van der Waals surface area contributed by atoms with E-state index in [1.807, 2.05) is 36.4 Å². The zero-order chi connectivity index (χ0) is 27.9. The Morgan fingerprint density at radius 2 is 1.07 bits per heavy atom. The van der Waals surface area contributed by atoms with E-state index < -0.39 is 18.9 Å². The molecule has 0 radical (unpaired) electrons. The van der Waals surface area contributed by atoms with Gasteiger partial charge >= 0.3 is 111 Å².